The molecule has 0 spiro atoms. The first kappa shape index (κ1) is 9.83. The molecule has 0 aliphatic carbocycles. The third kappa shape index (κ3) is 2.03. The number of benzene rings is 1. The average molecular weight is 207 g/mol. The summed E-state index contributed by atoms with van der Waals surface area (Å²) in [6, 6.07) is 5.92. The predicted molar refractivity (Wildman–Crippen MR) is 51.4 cm³/mol. The molecular formula is C11H10FNO2. The minimum absolute atomic E-state index is 0.292. The number of hydrogen-bond acceptors (Lipinski definition) is 2. The molecule has 0 N–H and O–H groups in total. The maximum Gasteiger partial charge on any atom is 0.290 e. The van der Waals surface area contributed by atoms with Gasteiger partial charge in [-0.05, 0) is 17.7 Å². The fourth-order valence-electron chi connectivity index (χ4n) is 1.58. The van der Waals surface area contributed by atoms with Crippen molar-refractivity contribution in [3.05, 3.63) is 35.6 Å². The smallest absolute Gasteiger partial charge is 0.290 e. The Hall–Kier alpha value is -1.71. The van der Waals surface area contributed by atoms with Crippen molar-refractivity contribution in [1.82, 2.24) is 4.90 Å². The van der Waals surface area contributed by atoms with Crippen LogP contribution >= 0.6 is 0 Å². The highest BCUT2D eigenvalue weighted by Crippen LogP contribution is 2.12. The summed E-state index contributed by atoms with van der Waals surface area (Å²) in [7, 11) is 0. The molecule has 1 saturated heterocycles. The van der Waals surface area contributed by atoms with E-state index in [0.717, 1.165) is 5.56 Å². The Labute approximate surface area is 86.5 Å². The van der Waals surface area contributed by atoms with Crippen LogP contribution in [0.15, 0.2) is 24.3 Å². The number of amides is 1. The van der Waals surface area contributed by atoms with Gasteiger partial charge < -0.3 is 4.90 Å². The van der Waals surface area contributed by atoms with E-state index >= 15 is 0 Å². The summed E-state index contributed by atoms with van der Waals surface area (Å²) in [5.74, 6) is -1.07. The standard InChI is InChI=1S/C11H10FNO2/c12-9-3-1-8(2-4-9)7-13-6-5-10(14)11(13)15/h1-4H,5-7H2. The summed E-state index contributed by atoms with van der Waals surface area (Å²) in [4.78, 5) is 23.7. The second kappa shape index (κ2) is 3.81. The monoisotopic (exact) mass is 207 g/mol. The Morgan fingerprint density at radius 1 is 1.20 bits per heavy atom. The van der Waals surface area contributed by atoms with Crippen molar-refractivity contribution >= 4 is 11.7 Å². The van der Waals surface area contributed by atoms with Crippen LogP contribution in [0.1, 0.15) is 12.0 Å². The summed E-state index contributed by atoms with van der Waals surface area (Å²) < 4.78 is 12.6. The van der Waals surface area contributed by atoms with E-state index < -0.39 is 5.91 Å². The number of nitrogens with zero attached hydrogens (tertiary/aromatic N) is 1. The van der Waals surface area contributed by atoms with Crippen molar-refractivity contribution in [2.75, 3.05) is 6.54 Å². The van der Waals surface area contributed by atoms with E-state index in [2.05, 4.69) is 0 Å². The first-order valence-corrected chi connectivity index (χ1v) is 4.73. The Bertz CT molecular complexity index is 400. The molecular weight excluding hydrogens is 197 g/mol. The van der Waals surface area contributed by atoms with E-state index in [9.17, 15) is 14.0 Å². The van der Waals surface area contributed by atoms with Gasteiger partial charge in [0.1, 0.15) is 5.82 Å². The van der Waals surface area contributed by atoms with Crippen LogP contribution in [-0.4, -0.2) is 23.1 Å². The van der Waals surface area contributed by atoms with Gasteiger partial charge in [0, 0.05) is 19.5 Å². The van der Waals surface area contributed by atoms with Crippen molar-refractivity contribution in [3.8, 4) is 0 Å². The number of ketones is 1. The molecule has 1 aliphatic rings. The lowest BCUT2D eigenvalue weighted by Crippen LogP contribution is -2.26. The fourth-order valence-corrected chi connectivity index (χ4v) is 1.58. The third-order valence-electron chi connectivity index (χ3n) is 2.42. The Kier molecular flexibility index (Phi) is 2.49. The van der Waals surface area contributed by atoms with Gasteiger partial charge in [-0.15, -0.1) is 0 Å². The number of Topliss-reactive ketones (excluding diaryl/α,β-unsaturated/α-hetero) is 1. The summed E-state index contributed by atoms with van der Waals surface area (Å²) in [5, 5.41) is 0. The van der Waals surface area contributed by atoms with Crippen LogP contribution in [0.3, 0.4) is 0 Å². The largest absolute Gasteiger partial charge is 0.331 e. The molecule has 15 heavy (non-hydrogen) atoms. The molecule has 4 heteroatoms. The third-order valence-corrected chi connectivity index (χ3v) is 2.42. The molecule has 2 rings (SSSR count). The second-order valence-corrected chi connectivity index (χ2v) is 3.53. The van der Waals surface area contributed by atoms with Crippen molar-refractivity contribution in [3.63, 3.8) is 0 Å². The number of carbonyl (C=O) groups is 2. The van der Waals surface area contributed by atoms with Crippen molar-refractivity contribution in [2.45, 2.75) is 13.0 Å². The molecule has 0 saturated carbocycles. The molecule has 0 radical (unpaired) electrons. The lowest BCUT2D eigenvalue weighted by atomic mass is 10.2. The average Bonchev–Trinajstić information content (AvgIpc) is 2.53. The fraction of sp³-hybridized carbons (Fsp3) is 0.273. The zero-order valence-corrected chi connectivity index (χ0v) is 8.07. The number of rotatable bonds is 2. The summed E-state index contributed by atoms with van der Waals surface area (Å²) in [6.07, 6.45) is 0.292. The summed E-state index contributed by atoms with van der Waals surface area (Å²) >= 11 is 0. The van der Waals surface area contributed by atoms with Gasteiger partial charge in [0.2, 0.25) is 5.78 Å². The van der Waals surface area contributed by atoms with Crippen LogP contribution in [0.4, 0.5) is 4.39 Å². The first-order chi connectivity index (χ1) is 7.16. The van der Waals surface area contributed by atoms with E-state index in [1.165, 1.54) is 17.0 Å². The normalized spacial score (nSPS) is 16.2. The lowest BCUT2D eigenvalue weighted by Gasteiger charge is -2.13. The molecule has 1 fully saturated rings. The van der Waals surface area contributed by atoms with Crippen molar-refractivity contribution in [2.24, 2.45) is 0 Å². The van der Waals surface area contributed by atoms with E-state index in [-0.39, 0.29) is 11.6 Å². The Morgan fingerprint density at radius 3 is 2.40 bits per heavy atom. The highest BCUT2D eigenvalue weighted by molar-refractivity contribution is 6.37. The van der Waals surface area contributed by atoms with Crippen LogP contribution < -0.4 is 0 Å². The van der Waals surface area contributed by atoms with E-state index in [0.29, 0.717) is 19.5 Å². The van der Waals surface area contributed by atoms with Crippen LogP contribution in [0.5, 0.6) is 0 Å². The topological polar surface area (TPSA) is 37.4 Å². The maximum absolute atomic E-state index is 12.6. The Morgan fingerprint density at radius 2 is 1.87 bits per heavy atom. The molecule has 78 valence electrons. The summed E-state index contributed by atoms with van der Waals surface area (Å²) in [6.45, 7) is 0.847. The van der Waals surface area contributed by atoms with E-state index in [1.807, 2.05) is 0 Å². The zero-order valence-electron chi connectivity index (χ0n) is 8.07. The quantitative estimate of drug-likeness (QED) is 0.682. The highest BCUT2D eigenvalue weighted by atomic mass is 19.1. The minimum Gasteiger partial charge on any atom is -0.331 e. The van der Waals surface area contributed by atoms with Gasteiger partial charge in [0.05, 0.1) is 0 Å². The molecule has 1 aromatic carbocycles. The molecule has 1 aromatic rings. The number of hydrogen-bond donors (Lipinski definition) is 0. The first-order valence-electron chi connectivity index (χ1n) is 4.73. The van der Waals surface area contributed by atoms with Gasteiger partial charge in [-0.1, -0.05) is 12.1 Å². The lowest BCUT2D eigenvalue weighted by molar-refractivity contribution is -0.140. The minimum atomic E-state index is -0.431. The van der Waals surface area contributed by atoms with Gasteiger partial charge in [0.15, 0.2) is 0 Å². The number of carbonyl (C=O) groups excluding carboxylic acids is 2. The van der Waals surface area contributed by atoms with Crippen LogP contribution in [-0.2, 0) is 16.1 Å². The SMILES string of the molecule is O=C1CCN(Cc2ccc(F)cc2)C1=O. The highest BCUT2D eigenvalue weighted by Gasteiger charge is 2.28. The molecule has 0 aromatic heterocycles. The molecule has 1 aliphatic heterocycles. The maximum atomic E-state index is 12.6. The summed E-state index contributed by atoms with van der Waals surface area (Å²) in [5.41, 5.74) is 0.833. The molecule has 0 atom stereocenters. The molecule has 0 unspecified atom stereocenters. The Balaban J connectivity index is 2.06. The second-order valence-electron chi connectivity index (χ2n) is 3.53. The van der Waals surface area contributed by atoms with Crippen LogP contribution in [0, 0.1) is 5.82 Å². The predicted octanol–water partition coefficient (Wildman–Crippen LogP) is 1.13. The molecule has 1 amide bonds. The van der Waals surface area contributed by atoms with Gasteiger partial charge >= 0.3 is 0 Å². The van der Waals surface area contributed by atoms with Crippen molar-refractivity contribution in [1.29, 1.82) is 0 Å². The molecule has 3 nitrogen and oxygen atoms in total. The molecule has 0 bridgehead atoms. The van der Waals surface area contributed by atoms with Gasteiger partial charge in [0.25, 0.3) is 5.91 Å². The van der Waals surface area contributed by atoms with E-state index in [4.69, 9.17) is 0 Å². The zero-order chi connectivity index (χ0) is 10.8. The number of halogens is 1. The van der Waals surface area contributed by atoms with Crippen LogP contribution in [0.25, 0.3) is 0 Å². The van der Waals surface area contributed by atoms with Gasteiger partial charge in [-0.3, -0.25) is 9.59 Å². The van der Waals surface area contributed by atoms with Gasteiger partial charge in [-0.2, -0.15) is 0 Å². The van der Waals surface area contributed by atoms with Crippen LogP contribution in [0.2, 0.25) is 0 Å². The van der Waals surface area contributed by atoms with Gasteiger partial charge in [-0.25, -0.2) is 4.39 Å². The number of likely N-dealkylation sites (tertiary alicyclic amines) is 1. The van der Waals surface area contributed by atoms with E-state index in [1.54, 1.807) is 12.1 Å². The molecule has 1 heterocycles. The van der Waals surface area contributed by atoms with Crippen molar-refractivity contribution < 1.29 is 14.0 Å².